The Bertz CT molecular complexity index is 379. The number of carbonyl (C=O) groups is 2. The van der Waals surface area contributed by atoms with Gasteiger partial charge in [-0.15, -0.1) is 0 Å². The zero-order chi connectivity index (χ0) is 11.3. The molecule has 0 aromatic carbocycles. The maximum atomic E-state index is 10.6. The van der Waals surface area contributed by atoms with Gasteiger partial charge >= 0.3 is 5.97 Å². The fraction of sp³-hybridized carbons (Fsp3) is 0.222. The number of nitrogens with zero attached hydrogens (tertiary/aromatic N) is 1. The molecule has 1 amide bonds. The van der Waals surface area contributed by atoms with Crippen LogP contribution in [0.2, 0.25) is 0 Å². The average molecular weight is 209 g/mol. The predicted octanol–water partition coefficient (Wildman–Crippen LogP) is 0.0671. The minimum atomic E-state index is -1.09. The first-order chi connectivity index (χ1) is 7.09. The zero-order valence-electron chi connectivity index (χ0n) is 7.93. The number of nitrogens with one attached hydrogen (secondary N) is 1. The maximum absolute atomic E-state index is 10.6. The lowest BCUT2D eigenvalue weighted by Crippen LogP contribution is -2.16. The molecule has 1 aromatic rings. The molecule has 0 atom stereocenters. The van der Waals surface area contributed by atoms with Crippen LogP contribution in [0.25, 0.3) is 0 Å². The van der Waals surface area contributed by atoms with Crippen molar-refractivity contribution in [2.45, 2.75) is 6.42 Å². The van der Waals surface area contributed by atoms with Crippen molar-refractivity contribution in [1.29, 1.82) is 0 Å². The summed E-state index contributed by atoms with van der Waals surface area (Å²) in [5.41, 5.74) is 4.90. The topological polar surface area (TPSA) is 105 Å². The monoisotopic (exact) mass is 209 g/mol. The summed E-state index contributed by atoms with van der Waals surface area (Å²) in [7, 11) is 0. The lowest BCUT2D eigenvalue weighted by atomic mass is 10.3. The number of primary amides is 1. The van der Waals surface area contributed by atoms with Gasteiger partial charge in [0.05, 0.1) is 0 Å². The van der Waals surface area contributed by atoms with Crippen LogP contribution in [-0.4, -0.2) is 28.5 Å². The van der Waals surface area contributed by atoms with E-state index in [2.05, 4.69) is 10.3 Å². The van der Waals surface area contributed by atoms with Crippen molar-refractivity contribution in [1.82, 2.24) is 4.98 Å². The number of carboxylic acid groups (broad SMARTS) is 1. The van der Waals surface area contributed by atoms with Gasteiger partial charge in [-0.1, -0.05) is 6.07 Å². The Morgan fingerprint density at radius 2 is 2.20 bits per heavy atom. The molecule has 1 aromatic heterocycles. The first kappa shape index (κ1) is 11.0. The number of carboxylic acids is 1. The number of hydrogen-bond donors (Lipinski definition) is 3. The summed E-state index contributed by atoms with van der Waals surface area (Å²) in [6.45, 7) is 0.339. The number of pyridine rings is 1. The average Bonchev–Trinajstić information content (AvgIpc) is 2.17. The molecule has 80 valence electrons. The van der Waals surface area contributed by atoms with Crippen molar-refractivity contribution < 1.29 is 14.7 Å². The number of carbonyl (C=O) groups excluding carboxylic acids is 1. The molecule has 0 aliphatic rings. The lowest BCUT2D eigenvalue weighted by molar-refractivity contribution is -0.117. The van der Waals surface area contributed by atoms with Crippen LogP contribution >= 0.6 is 0 Å². The number of hydrogen-bond acceptors (Lipinski definition) is 4. The summed E-state index contributed by atoms with van der Waals surface area (Å²) in [4.78, 5) is 24.8. The van der Waals surface area contributed by atoms with E-state index in [0.29, 0.717) is 12.4 Å². The predicted molar refractivity (Wildman–Crippen MR) is 53.5 cm³/mol. The van der Waals surface area contributed by atoms with Crippen LogP contribution in [0.1, 0.15) is 16.9 Å². The number of rotatable bonds is 5. The number of anilines is 1. The molecule has 0 fully saturated rings. The van der Waals surface area contributed by atoms with E-state index < -0.39 is 11.9 Å². The number of aromatic carboxylic acids is 1. The van der Waals surface area contributed by atoms with Gasteiger partial charge in [-0.2, -0.15) is 0 Å². The van der Waals surface area contributed by atoms with Crippen molar-refractivity contribution in [3.8, 4) is 0 Å². The van der Waals surface area contributed by atoms with Crippen molar-refractivity contribution in [3.63, 3.8) is 0 Å². The van der Waals surface area contributed by atoms with Gasteiger partial charge in [-0.25, -0.2) is 9.78 Å². The van der Waals surface area contributed by atoms with Crippen LogP contribution in [0.4, 0.5) is 5.82 Å². The maximum Gasteiger partial charge on any atom is 0.354 e. The molecule has 6 heteroatoms. The number of aromatic nitrogens is 1. The molecular weight excluding hydrogens is 198 g/mol. The van der Waals surface area contributed by atoms with E-state index in [-0.39, 0.29) is 12.1 Å². The van der Waals surface area contributed by atoms with E-state index in [1.807, 2.05) is 0 Å². The van der Waals surface area contributed by atoms with Crippen LogP contribution in [0.15, 0.2) is 18.2 Å². The summed E-state index contributed by atoms with van der Waals surface area (Å²) in [5, 5.41) is 11.5. The van der Waals surface area contributed by atoms with E-state index in [9.17, 15) is 9.59 Å². The van der Waals surface area contributed by atoms with Gasteiger partial charge in [0.2, 0.25) is 5.91 Å². The molecule has 0 saturated heterocycles. The van der Waals surface area contributed by atoms with Gasteiger partial charge < -0.3 is 16.2 Å². The molecule has 6 nitrogen and oxygen atoms in total. The Labute approximate surface area is 86.1 Å². The standard InChI is InChI=1S/C9H11N3O3/c10-7(13)4-5-11-8-3-1-2-6(12-8)9(14)15/h1-3H,4-5H2,(H2,10,13)(H,11,12)(H,14,15). The Morgan fingerprint density at radius 3 is 2.80 bits per heavy atom. The van der Waals surface area contributed by atoms with E-state index >= 15 is 0 Å². The van der Waals surface area contributed by atoms with Crippen LogP contribution < -0.4 is 11.1 Å². The summed E-state index contributed by atoms with van der Waals surface area (Å²) in [6, 6.07) is 4.58. The molecular formula is C9H11N3O3. The lowest BCUT2D eigenvalue weighted by Gasteiger charge is -2.04. The van der Waals surface area contributed by atoms with E-state index in [1.165, 1.54) is 6.07 Å². The minimum absolute atomic E-state index is 0.0425. The fourth-order valence-electron chi connectivity index (χ4n) is 0.966. The molecule has 1 heterocycles. The van der Waals surface area contributed by atoms with Gasteiger partial charge in [0.15, 0.2) is 5.69 Å². The van der Waals surface area contributed by atoms with Crippen molar-refractivity contribution in [2.24, 2.45) is 5.73 Å². The van der Waals surface area contributed by atoms with E-state index in [0.717, 1.165) is 0 Å². The molecule has 0 spiro atoms. The number of amides is 1. The highest BCUT2D eigenvalue weighted by Crippen LogP contribution is 2.04. The summed E-state index contributed by atoms with van der Waals surface area (Å²) < 4.78 is 0. The first-order valence-electron chi connectivity index (χ1n) is 4.32. The number of nitrogens with two attached hydrogens (primary N) is 1. The minimum Gasteiger partial charge on any atom is -0.477 e. The van der Waals surface area contributed by atoms with Crippen molar-refractivity contribution in [3.05, 3.63) is 23.9 Å². The molecule has 0 radical (unpaired) electrons. The van der Waals surface area contributed by atoms with Gasteiger partial charge in [-0.05, 0) is 12.1 Å². The third-order valence-electron chi connectivity index (χ3n) is 1.65. The quantitative estimate of drug-likeness (QED) is 0.636. The molecule has 0 aliphatic carbocycles. The van der Waals surface area contributed by atoms with Gasteiger partial charge in [0.1, 0.15) is 5.82 Å². The SMILES string of the molecule is NC(=O)CCNc1cccc(C(=O)O)n1. The van der Waals surface area contributed by atoms with E-state index in [1.54, 1.807) is 12.1 Å². The van der Waals surface area contributed by atoms with Crippen LogP contribution in [-0.2, 0) is 4.79 Å². The Kier molecular flexibility index (Phi) is 3.61. The summed E-state index contributed by atoms with van der Waals surface area (Å²) >= 11 is 0. The van der Waals surface area contributed by atoms with Gasteiger partial charge in [-0.3, -0.25) is 4.79 Å². The molecule has 0 saturated carbocycles. The molecule has 0 unspecified atom stereocenters. The molecule has 0 bridgehead atoms. The highest BCUT2D eigenvalue weighted by Gasteiger charge is 2.04. The van der Waals surface area contributed by atoms with E-state index in [4.69, 9.17) is 10.8 Å². The molecule has 4 N–H and O–H groups in total. The molecule has 0 aliphatic heterocycles. The fourth-order valence-corrected chi connectivity index (χ4v) is 0.966. The molecule has 15 heavy (non-hydrogen) atoms. The largest absolute Gasteiger partial charge is 0.477 e. The van der Waals surface area contributed by atoms with Gasteiger partial charge in [0.25, 0.3) is 0 Å². The summed E-state index contributed by atoms with van der Waals surface area (Å²) in [5.74, 6) is -1.10. The first-order valence-corrected chi connectivity index (χ1v) is 4.32. The second-order valence-corrected chi connectivity index (χ2v) is 2.86. The van der Waals surface area contributed by atoms with Crippen LogP contribution in [0, 0.1) is 0 Å². The third-order valence-corrected chi connectivity index (χ3v) is 1.65. The smallest absolute Gasteiger partial charge is 0.354 e. The second kappa shape index (κ2) is 4.94. The third kappa shape index (κ3) is 3.63. The van der Waals surface area contributed by atoms with Crippen molar-refractivity contribution in [2.75, 3.05) is 11.9 Å². The Hall–Kier alpha value is -2.11. The van der Waals surface area contributed by atoms with Crippen LogP contribution in [0.5, 0.6) is 0 Å². The summed E-state index contributed by atoms with van der Waals surface area (Å²) in [6.07, 6.45) is 0.180. The van der Waals surface area contributed by atoms with Gasteiger partial charge in [0, 0.05) is 13.0 Å². The Morgan fingerprint density at radius 1 is 1.47 bits per heavy atom. The second-order valence-electron chi connectivity index (χ2n) is 2.86. The van der Waals surface area contributed by atoms with Crippen LogP contribution in [0.3, 0.4) is 0 Å². The normalized spacial score (nSPS) is 9.60. The Balaban J connectivity index is 2.58. The highest BCUT2D eigenvalue weighted by atomic mass is 16.4. The van der Waals surface area contributed by atoms with Crippen molar-refractivity contribution >= 4 is 17.7 Å². The highest BCUT2D eigenvalue weighted by molar-refractivity contribution is 5.85. The zero-order valence-corrected chi connectivity index (χ0v) is 7.93. The molecule has 1 rings (SSSR count).